The molecule has 0 spiro atoms. The van der Waals surface area contributed by atoms with Gasteiger partial charge in [0.1, 0.15) is 5.75 Å². The fourth-order valence-electron chi connectivity index (χ4n) is 2.48. The molecule has 0 unspecified atom stereocenters. The highest BCUT2D eigenvalue weighted by molar-refractivity contribution is 5.60. The normalized spacial score (nSPS) is 14.7. The zero-order chi connectivity index (χ0) is 13.5. The summed E-state index contributed by atoms with van der Waals surface area (Å²) in [6.45, 7) is 10.4. The maximum atomic E-state index is 5.81. The van der Waals surface area contributed by atoms with Crippen LogP contribution < -0.4 is 15.0 Å². The van der Waals surface area contributed by atoms with E-state index in [0.717, 1.165) is 31.9 Å². The van der Waals surface area contributed by atoms with Crippen LogP contribution in [0, 0.1) is 0 Å². The first-order chi connectivity index (χ1) is 9.35. The zero-order valence-corrected chi connectivity index (χ0v) is 11.8. The van der Waals surface area contributed by atoms with E-state index < -0.39 is 0 Å². The molecule has 104 valence electrons. The van der Waals surface area contributed by atoms with E-state index >= 15 is 0 Å². The maximum Gasteiger partial charge on any atom is 0.142 e. The molecule has 0 aromatic heterocycles. The van der Waals surface area contributed by atoms with Crippen LogP contribution >= 0.6 is 0 Å². The van der Waals surface area contributed by atoms with Gasteiger partial charge in [-0.05, 0) is 37.5 Å². The van der Waals surface area contributed by atoms with Gasteiger partial charge in [-0.3, -0.25) is 0 Å². The molecule has 0 aliphatic carbocycles. The number of nitrogens with one attached hydrogen (secondary N) is 1. The fraction of sp³-hybridized carbons (Fsp3) is 0.500. The van der Waals surface area contributed by atoms with E-state index in [1.807, 2.05) is 13.0 Å². The lowest BCUT2D eigenvalue weighted by molar-refractivity contribution is 0.340. The summed E-state index contributed by atoms with van der Waals surface area (Å²) < 4.78 is 5.81. The molecule has 1 saturated heterocycles. The van der Waals surface area contributed by atoms with Crippen molar-refractivity contribution < 1.29 is 4.74 Å². The van der Waals surface area contributed by atoms with Crippen LogP contribution in [0.25, 0.3) is 0 Å². The van der Waals surface area contributed by atoms with Crippen LogP contribution in [0.2, 0.25) is 0 Å². The first kappa shape index (κ1) is 13.9. The predicted octanol–water partition coefficient (Wildman–Crippen LogP) is 2.96. The van der Waals surface area contributed by atoms with Gasteiger partial charge >= 0.3 is 0 Å². The Hall–Kier alpha value is -1.48. The standard InChI is InChI=1S/C16H24N2O/c1-3-9-17-13-14-7-8-15(16(12-14)19-4-2)18-10-5-6-11-18/h3,7-8,12,17H,1,4-6,9-11,13H2,2H3. The number of rotatable bonds is 7. The third-order valence-corrected chi connectivity index (χ3v) is 3.39. The molecule has 0 atom stereocenters. The summed E-state index contributed by atoms with van der Waals surface area (Å²) >= 11 is 0. The molecule has 1 aliphatic heterocycles. The Morgan fingerprint density at radius 2 is 2.16 bits per heavy atom. The van der Waals surface area contributed by atoms with Crippen molar-refractivity contribution in [2.45, 2.75) is 26.3 Å². The third-order valence-electron chi connectivity index (χ3n) is 3.39. The van der Waals surface area contributed by atoms with Crippen molar-refractivity contribution in [3.05, 3.63) is 36.4 Å². The van der Waals surface area contributed by atoms with E-state index in [2.05, 4.69) is 35.0 Å². The SMILES string of the molecule is C=CCNCc1ccc(N2CCCC2)c(OCC)c1. The number of hydrogen-bond acceptors (Lipinski definition) is 3. The molecule has 1 aliphatic rings. The van der Waals surface area contributed by atoms with Crippen LogP contribution in [0.3, 0.4) is 0 Å². The molecule has 1 fully saturated rings. The Morgan fingerprint density at radius 1 is 1.37 bits per heavy atom. The summed E-state index contributed by atoms with van der Waals surface area (Å²) in [7, 11) is 0. The van der Waals surface area contributed by atoms with Crippen molar-refractivity contribution in [2.24, 2.45) is 0 Å². The third kappa shape index (κ3) is 3.74. The average molecular weight is 260 g/mol. The Morgan fingerprint density at radius 3 is 2.84 bits per heavy atom. The summed E-state index contributed by atoms with van der Waals surface area (Å²) in [4.78, 5) is 2.42. The second-order valence-corrected chi connectivity index (χ2v) is 4.85. The summed E-state index contributed by atoms with van der Waals surface area (Å²) in [5, 5.41) is 3.32. The van der Waals surface area contributed by atoms with E-state index in [0.29, 0.717) is 6.61 Å². The molecular formula is C16H24N2O. The molecule has 0 amide bonds. The van der Waals surface area contributed by atoms with Crippen molar-refractivity contribution in [3.63, 3.8) is 0 Å². The molecule has 1 aromatic carbocycles. The first-order valence-corrected chi connectivity index (χ1v) is 7.17. The fourth-order valence-corrected chi connectivity index (χ4v) is 2.48. The predicted molar refractivity (Wildman–Crippen MR) is 81.0 cm³/mol. The van der Waals surface area contributed by atoms with Crippen LogP contribution in [0.5, 0.6) is 5.75 Å². The largest absolute Gasteiger partial charge is 0.492 e. The van der Waals surface area contributed by atoms with Crippen LogP contribution in [-0.4, -0.2) is 26.2 Å². The van der Waals surface area contributed by atoms with Gasteiger partial charge in [0, 0.05) is 26.2 Å². The van der Waals surface area contributed by atoms with Gasteiger partial charge in [0.15, 0.2) is 0 Å². The lowest BCUT2D eigenvalue weighted by atomic mass is 10.1. The van der Waals surface area contributed by atoms with Gasteiger partial charge in [-0.15, -0.1) is 6.58 Å². The van der Waals surface area contributed by atoms with Crippen molar-refractivity contribution in [3.8, 4) is 5.75 Å². The van der Waals surface area contributed by atoms with Crippen molar-refractivity contribution >= 4 is 5.69 Å². The topological polar surface area (TPSA) is 24.5 Å². The minimum atomic E-state index is 0.713. The lowest BCUT2D eigenvalue weighted by Gasteiger charge is -2.22. The zero-order valence-electron chi connectivity index (χ0n) is 11.8. The van der Waals surface area contributed by atoms with E-state index in [9.17, 15) is 0 Å². The number of benzene rings is 1. The van der Waals surface area contributed by atoms with Gasteiger partial charge in [-0.1, -0.05) is 12.1 Å². The van der Waals surface area contributed by atoms with E-state index in [4.69, 9.17) is 4.74 Å². The van der Waals surface area contributed by atoms with Gasteiger partial charge in [0.05, 0.1) is 12.3 Å². The molecule has 1 heterocycles. The van der Waals surface area contributed by atoms with Gasteiger partial charge in [-0.25, -0.2) is 0 Å². The van der Waals surface area contributed by atoms with E-state index in [1.165, 1.54) is 24.1 Å². The summed E-state index contributed by atoms with van der Waals surface area (Å²) in [6.07, 6.45) is 4.45. The van der Waals surface area contributed by atoms with E-state index in [1.54, 1.807) is 0 Å². The molecule has 19 heavy (non-hydrogen) atoms. The van der Waals surface area contributed by atoms with Crippen LogP contribution in [-0.2, 0) is 6.54 Å². The number of nitrogens with zero attached hydrogens (tertiary/aromatic N) is 1. The molecule has 0 saturated carbocycles. The average Bonchev–Trinajstić information content (AvgIpc) is 2.94. The molecule has 3 nitrogen and oxygen atoms in total. The number of ether oxygens (including phenoxy) is 1. The van der Waals surface area contributed by atoms with Gasteiger partial charge in [0.2, 0.25) is 0 Å². The van der Waals surface area contributed by atoms with Crippen molar-refractivity contribution in [2.75, 3.05) is 31.1 Å². The van der Waals surface area contributed by atoms with Gasteiger partial charge in [-0.2, -0.15) is 0 Å². The Labute approximate surface area is 116 Å². The Kier molecular flexibility index (Phi) is 5.28. The Bertz CT molecular complexity index is 411. The van der Waals surface area contributed by atoms with E-state index in [-0.39, 0.29) is 0 Å². The summed E-state index contributed by atoms with van der Waals surface area (Å²) in [5.74, 6) is 1.02. The maximum absolute atomic E-state index is 5.81. The monoisotopic (exact) mass is 260 g/mol. The minimum absolute atomic E-state index is 0.713. The number of anilines is 1. The molecule has 1 N–H and O–H groups in total. The molecular weight excluding hydrogens is 236 g/mol. The molecule has 0 radical (unpaired) electrons. The summed E-state index contributed by atoms with van der Waals surface area (Å²) in [5.41, 5.74) is 2.50. The van der Waals surface area contributed by atoms with Gasteiger partial charge < -0.3 is 15.0 Å². The second kappa shape index (κ2) is 7.19. The second-order valence-electron chi connectivity index (χ2n) is 4.85. The highest BCUT2D eigenvalue weighted by Crippen LogP contribution is 2.32. The van der Waals surface area contributed by atoms with Crippen LogP contribution in [0.4, 0.5) is 5.69 Å². The first-order valence-electron chi connectivity index (χ1n) is 7.17. The summed E-state index contributed by atoms with van der Waals surface area (Å²) in [6, 6.07) is 6.54. The quantitative estimate of drug-likeness (QED) is 0.602. The minimum Gasteiger partial charge on any atom is -0.492 e. The van der Waals surface area contributed by atoms with Crippen LogP contribution in [0.15, 0.2) is 30.9 Å². The molecule has 0 bridgehead atoms. The lowest BCUT2D eigenvalue weighted by Crippen LogP contribution is -2.19. The molecule has 2 rings (SSSR count). The smallest absolute Gasteiger partial charge is 0.142 e. The van der Waals surface area contributed by atoms with Crippen molar-refractivity contribution in [1.82, 2.24) is 5.32 Å². The number of hydrogen-bond donors (Lipinski definition) is 1. The molecule has 3 heteroatoms. The molecule has 1 aromatic rings. The van der Waals surface area contributed by atoms with Crippen LogP contribution in [0.1, 0.15) is 25.3 Å². The highest BCUT2D eigenvalue weighted by Gasteiger charge is 2.16. The highest BCUT2D eigenvalue weighted by atomic mass is 16.5. The van der Waals surface area contributed by atoms with Crippen molar-refractivity contribution in [1.29, 1.82) is 0 Å². The Balaban J connectivity index is 2.11. The van der Waals surface area contributed by atoms with Gasteiger partial charge in [0.25, 0.3) is 0 Å².